The predicted molar refractivity (Wildman–Crippen MR) is 62.0 cm³/mol. The van der Waals surface area contributed by atoms with Gasteiger partial charge >= 0.3 is 92.0 Å². The topological polar surface area (TPSA) is 26.0 Å². The second-order valence-electron chi connectivity index (χ2n) is 3.92. The molecule has 1 fully saturated rings. The first-order valence-corrected chi connectivity index (χ1v) is 7.18. The van der Waals surface area contributed by atoms with Crippen LogP contribution in [0, 0.1) is 0 Å². The first-order chi connectivity index (χ1) is 6.86. The van der Waals surface area contributed by atoms with Crippen molar-refractivity contribution in [1.82, 2.24) is 0 Å². The van der Waals surface area contributed by atoms with Crippen LogP contribution in [0.15, 0.2) is 30.3 Å². The van der Waals surface area contributed by atoms with E-state index in [1.54, 1.807) is 0 Å². The van der Waals surface area contributed by atoms with Crippen LogP contribution in [0.2, 0.25) is 4.82 Å². The van der Waals surface area contributed by atoms with Crippen LogP contribution in [0.1, 0.15) is 25.7 Å². The molecule has 2 rings (SSSR count). The van der Waals surface area contributed by atoms with Crippen LogP contribution >= 0.6 is 0 Å². The SMILES string of the molecule is NC1CCCCC1[Se+]c1ccccc1. The van der Waals surface area contributed by atoms with Crippen molar-refractivity contribution in [2.45, 2.75) is 36.5 Å². The molecule has 0 saturated heterocycles. The van der Waals surface area contributed by atoms with Gasteiger partial charge in [-0.2, -0.15) is 0 Å². The third kappa shape index (κ3) is 2.60. The maximum atomic E-state index is 6.14. The zero-order valence-corrected chi connectivity index (χ0v) is 10.1. The number of rotatable bonds is 2. The van der Waals surface area contributed by atoms with Gasteiger partial charge in [-0.05, 0) is 0 Å². The molecule has 0 spiro atoms. The third-order valence-electron chi connectivity index (χ3n) is 2.78. The number of benzene rings is 1. The van der Waals surface area contributed by atoms with Crippen molar-refractivity contribution in [3.63, 3.8) is 0 Å². The standard InChI is InChI=1S/C12H17NSe/c13-11-8-4-5-9-12(11)14-10-6-2-1-3-7-10/h1-3,6-7,11-12H,4-5,8-9,13H2/q+1. The normalized spacial score (nSPS) is 27.5. The second kappa shape index (κ2) is 4.97. The Labute approximate surface area is 92.2 Å². The van der Waals surface area contributed by atoms with Gasteiger partial charge in [0.2, 0.25) is 0 Å². The Morgan fingerprint density at radius 3 is 2.50 bits per heavy atom. The van der Waals surface area contributed by atoms with E-state index in [0.29, 0.717) is 21.0 Å². The van der Waals surface area contributed by atoms with E-state index < -0.39 is 0 Å². The van der Waals surface area contributed by atoms with Crippen molar-refractivity contribution < 1.29 is 0 Å². The molecule has 14 heavy (non-hydrogen) atoms. The maximum absolute atomic E-state index is 6.14. The van der Waals surface area contributed by atoms with Crippen LogP contribution in [-0.2, 0) is 0 Å². The molecule has 2 heteroatoms. The van der Waals surface area contributed by atoms with Gasteiger partial charge in [0.25, 0.3) is 0 Å². The monoisotopic (exact) mass is 255 g/mol. The van der Waals surface area contributed by atoms with Gasteiger partial charge in [-0.15, -0.1) is 0 Å². The molecule has 2 atom stereocenters. The minimum atomic E-state index is 0.462. The molecule has 0 amide bonds. The summed E-state index contributed by atoms with van der Waals surface area (Å²) in [7, 11) is 0. The molecule has 0 heterocycles. The van der Waals surface area contributed by atoms with Gasteiger partial charge in [0, 0.05) is 0 Å². The van der Waals surface area contributed by atoms with Crippen molar-refractivity contribution in [3.05, 3.63) is 30.3 Å². The first kappa shape index (κ1) is 10.2. The van der Waals surface area contributed by atoms with Crippen LogP contribution in [0.25, 0.3) is 0 Å². The molecule has 1 aromatic rings. The summed E-state index contributed by atoms with van der Waals surface area (Å²) in [6.45, 7) is 0. The molecule has 1 radical (unpaired) electrons. The summed E-state index contributed by atoms with van der Waals surface area (Å²) in [4.78, 5) is 0.777. The van der Waals surface area contributed by atoms with Crippen LogP contribution in [0.3, 0.4) is 0 Å². The zero-order valence-electron chi connectivity index (χ0n) is 8.36. The molecule has 1 nitrogen and oxygen atoms in total. The van der Waals surface area contributed by atoms with Gasteiger partial charge < -0.3 is 0 Å². The summed E-state index contributed by atoms with van der Waals surface area (Å²) >= 11 is 0.584. The van der Waals surface area contributed by atoms with Gasteiger partial charge in [0.15, 0.2) is 0 Å². The molecule has 75 valence electrons. The van der Waals surface area contributed by atoms with Crippen molar-refractivity contribution in [3.8, 4) is 0 Å². The van der Waals surface area contributed by atoms with Gasteiger partial charge in [-0.1, -0.05) is 0 Å². The molecule has 2 unspecified atom stereocenters. The van der Waals surface area contributed by atoms with Crippen LogP contribution < -0.4 is 10.2 Å². The molecular formula is C12H17NSe+. The average molecular weight is 254 g/mol. The fourth-order valence-corrected chi connectivity index (χ4v) is 4.59. The Morgan fingerprint density at radius 1 is 1.07 bits per heavy atom. The van der Waals surface area contributed by atoms with Crippen LogP contribution in [0.4, 0.5) is 0 Å². The Balaban J connectivity index is 1.96. The minimum absolute atomic E-state index is 0.462. The van der Waals surface area contributed by atoms with Gasteiger partial charge in [0.1, 0.15) is 0 Å². The van der Waals surface area contributed by atoms with E-state index in [2.05, 4.69) is 30.3 Å². The third-order valence-corrected chi connectivity index (χ3v) is 5.79. The fraction of sp³-hybridized carbons (Fsp3) is 0.500. The Bertz CT molecular complexity index is 273. The van der Waals surface area contributed by atoms with Crippen molar-refractivity contribution in [2.75, 3.05) is 0 Å². The molecule has 1 aliphatic carbocycles. The summed E-state index contributed by atoms with van der Waals surface area (Å²) in [5.74, 6) is 0. The quantitative estimate of drug-likeness (QED) is 0.799. The number of nitrogens with two attached hydrogens (primary N) is 1. The summed E-state index contributed by atoms with van der Waals surface area (Å²) in [6, 6.07) is 11.3. The summed E-state index contributed by atoms with van der Waals surface area (Å²) in [6.07, 6.45) is 5.30. The summed E-state index contributed by atoms with van der Waals surface area (Å²) in [5, 5.41) is 0. The molecule has 0 bridgehead atoms. The van der Waals surface area contributed by atoms with Crippen molar-refractivity contribution in [1.29, 1.82) is 0 Å². The van der Waals surface area contributed by atoms with Gasteiger partial charge in [-0.3, -0.25) is 0 Å². The first-order valence-electron chi connectivity index (χ1n) is 5.33. The van der Waals surface area contributed by atoms with Gasteiger partial charge in [0.05, 0.1) is 0 Å². The second-order valence-corrected chi connectivity index (χ2v) is 6.67. The van der Waals surface area contributed by atoms with E-state index in [-0.39, 0.29) is 0 Å². The molecule has 0 aliphatic heterocycles. The van der Waals surface area contributed by atoms with E-state index in [1.165, 1.54) is 30.1 Å². The molecule has 1 saturated carbocycles. The van der Waals surface area contributed by atoms with E-state index >= 15 is 0 Å². The average Bonchev–Trinajstić information content (AvgIpc) is 2.23. The molecule has 1 aromatic carbocycles. The molecule has 1 aliphatic rings. The summed E-state index contributed by atoms with van der Waals surface area (Å²) in [5.41, 5.74) is 6.14. The van der Waals surface area contributed by atoms with Crippen LogP contribution in [0.5, 0.6) is 0 Å². The molecular weight excluding hydrogens is 237 g/mol. The molecule has 2 N–H and O–H groups in total. The van der Waals surface area contributed by atoms with Crippen molar-refractivity contribution in [2.24, 2.45) is 5.73 Å². The van der Waals surface area contributed by atoms with E-state index in [4.69, 9.17) is 5.73 Å². The van der Waals surface area contributed by atoms with Crippen LogP contribution in [-0.4, -0.2) is 21.0 Å². The van der Waals surface area contributed by atoms with E-state index in [1.807, 2.05) is 0 Å². The van der Waals surface area contributed by atoms with Gasteiger partial charge in [-0.25, -0.2) is 0 Å². The Hall–Kier alpha value is -0.301. The predicted octanol–water partition coefficient (Wildman–Crippen LogP) is 1.71. The fourth-order valence-electron chi connectivity index (χ4n) is 1.95. The number of hydrogen-bond acceptors (Lipinski definition) is 1. The van der Waals surface area contributed by atoms with Crippen molar-refractivity contribution >= 4 is 19.4 Å². The van der Waals surface area contributed by atoms with E-state index in [9.17, 15) is 0 Å². The zero-order chi connectivity index (χ0) is 9.80. The Kier molecular flexibility index (Phi) is 3.63. The van der Waals surface area contributed by atoms with E-state index in [0.717, 1.165) is 4.82 Å². The Morgan fingerprint density at radius 2 is 1.79 bits per heavy atom. The summed E-state index contributed by atoms with van der Waals surface area (Å²) < 4.78 is 1.50. The molecule has 0 aromatic heterocycles. The number of hydrogen-bond donors (Lipinski definition) is 1.